The first-order chi connectivity index (χ1) is 12.2. The highest BCUT2D eigenvalue weighted by Gasteiger charge is 2.16. The Hall–Kier alpha value is -3.02. The predicted octanol–water partition coefficient (Wildman–Crippen LogP) is 2.60. The van der Waals surface area contributed by atoms with Crippen molar-refractivity contribution in [3.8, 4) is 0 Å². The van der Waals surface area contributed by atoms with Crippen LogP contribution in [0, 0.1) is 6.92 Å². The van der Waals surface area contributed by atoms with Gasteiger partial charge in [-0.2, -0.15) is 5.10 Å². The number of amides is 1. The molecule has 0 saturated heterocycles. The van der Waals surface area contributed by atoms with Gasteiger partial charge in [-0.1, -0.05) is 30.3 Å². The summed E-state index contributed by atoms with van der Waals surface area (Å²) in [6, 6.07) is 13.9. The van der Waals surface area contributed by atoms with Gasteiger partial charge in [0.1, 0.15) is 12.7 Å². The molecule has 2 aromatic heterocycles. The molecule has 0 aliphatic carbocycles. The molecule has 2 heterocycles. The lowest BCUT2D eigenvalue weighted by atomic mass is 10.1. The summed E-state index contributed by atoms with van der Waals surface area (Å²) >= 11 is 0. The van der Waals surface area contributed by atoms with Crippen LogP contribution in [0.15, 0.2) is 61.3 Å². The standard InChI is InChI=1S/C19H21N5O/c1-16-6-2-3-7-17(16)12-23(13-18-8-4-5-10-21-18)19(25)9-11-24-15-20-14-22-24/h2-8,10,14-15H,9,11-13H2,1H3. The summed E-state index contributed by atoms with van der Waals surface area (Å²) in [4.78, 5) is 22.9. The van der Waals surface area contributed by atoms with Gasteiger partial charge < -0.3 is 4.90 Å². The zero-order valence-electron chi connectivity index (χ0n) is 14.2. The number of carbonyl (C=O) groups excluding carboxylic acids is 1. The van der Waals surface area contributed by atoms with Crippen LogP contribution >= 0.6 is 0 Å². The number of pyridine rings is 1. The maximum Gasteiger partial charge on any atom is 0.225 e. The SMILES string of the molecule is Cc1ccccc1CN(Cc1ccccn1)C(=O)CCn1cncn1. The Morgan fingerprint density at radius 1 is 1.12 bits per heavy atom. The fourth-order valence-electron chi connectivity index (χ4n) is 2.63. The minimum absolute atomic E-state index is 0.0735. The number of hydrogen-bond acceptors (Lipinski definition) is 4. The molecule has 0 aliphatic rings. The van der Waals surface area contributed by atoms with E-state index in [1.54, 1.807) is 17.2 Å². The number of carbonyl (C=O) groups is 1. The number of aryl methyl sites for hydroxylation is 2. The second kappa shape index (κ2) is 8.19. The normalized spacial score (nSPS) is 10.6. The third kappa shape index (κ3) is 4.73. The number of nitrogens with zero attached hydrogens (tertiary/aromatic N) is 5. The van der Waals surface area contributed by atoms with E-state index in [1.807, 2.05) is 35.2 Å². The molecule has 0 N–H and O–H groups in total. The van der Waals surface area contributed by atoms with Crippen LogP contribution in [0.3, 0.4) is 0 Å². The van der Waals surface area contributed by atoms with Crippen LogP contribution in [0.2, 0.25) is 0 Å². The van der Waals surface area contributed by atoms with Gasteiger partial charge >= 0.3 is 0 Å². The molecule has 3 aromatic rings. The first-order valence-corrected chi connectivity index (χ1v) is 8.27. The average Bonchev–Trinajstić information content (AvgIpc) is 3.15. The third-order valence-electron chi connectivity index (χ3n) is 4.08. The highest BCUT2D eigenvalue weighted by molar-refractivity contribution is 5.76. The van der Waals surface area contributed by atoms with Crippen LogP contribution in [-0.2, 0) is 24.4 Å². The lowest BCUT2D eigenvalue weighted by molar-refractivity contribution is -0.132. The van der Waals surface area contributed by atoms with Gasteiger partial charge in [0, 0.05) is 19.2 Å². The Labute approximate surface area is 147 Å². The van der Waals surface area contributed by atoms with Crippen LogP contribution in [0.5, 0.6) is 0 Å². The molecule has 0 fully saturated rings. The van der Waals surface area contributed by atoms with Gasteiger partial charge in [0.2, 0.25) is 5.91 Å². The third-order valence-corrected chi connectivity index (χ3v) is 4.08. The Morgan fingerprint density at radius 3 is 2.68 bits per heavy atom. The van der Waals surface area contributed by atoms with E-state index in [2.05, 4.69) is 34.1 Å². The van der Waals surface area contributed by atoms with Crippen LogP contribution < -0.4 is 0 Å². The maximum absolute atomic E-state index is 12.8. The van der Waals surface area contributed by atoms with Crippen molar-refractivity contribution in [3.05, 3.63) is 78.1 Å². The van der Waals surface area contributed by atoms with E-state index in [0.717, 1.165) is 11.3 Å². The lowest BCUT2D eigenvalue weighted by Crippen LogP contribution is -2.31. The van der Waals surface area contributed by atoms with Gasteiger partial charge in [-0.05, 0) is 30.2 Å². The number of hydrogen-bond donors (Lipinski definition) is 0. The van der Waals surface area contributed by atoms with Crippen molar-refractivity contribution >= 4 is 5.91 Å². The Morgan fingerprint density at radius 2 is 1.96 bits per heavy atom. The molecule has 6 heteroatoms. The van der Waals surface area contributed by atoms with Gasteiger partial charge in [-0.3, -0.25) is 14.5 Å². The fourth-order valence-corrected chi connectivity index (χ4v) is 2.63. The molecule has 128 valence electrons. The Balaban J connectivity index is 1.73. The maximum atomic E-state index is 12.8. The molecule has 0 aliphatic heterocycles. The summed E-state index contributed by atoms with van der Waals surface area (Å²) in [5.74, 6) is 0.0735. The summed E-state index contributed by atoms with van der Waals surface area (Å²) < 4.78 is 1.67. The molecule has 0 saturated carbocycles. The van der Waals surface area contributed by atoms with Crippen molar-refractivity contribution in [2.75, 3.05) is 0 Å². The van der Waals surface area contributed by atoms with E-state index >= 15 is 0 Å². The minimum Gasteiger partial charge on any atom is -0.332 e. The molecule has 0 bridgehead atoms. The van der Waals surface area contributed by atoms with E-state index in [0.29, 0.717) is 26.1 Å². The van der Waals surface area contributed by atoms with E-state index in [4.69, 9.17) is 0 Å². The number of rotatable bonds is 7. The predicted molar refractivity (Wildman–Crippen MR) is 94.3 cm³/mol. The van der Waals surface area contributed by atoms with Gasteiger partial charge in [-0.15, -0.1) is 0 Å². The zero-order valence-corrected chi connectivity index (χ0v) is 14.2. The average molecular weight is 335 g/mol. The molecule has 1 aromatic carbocycles. The highest BCUT2D eigenvalue weighted by Crippen LogP contribution is 2.14. The summed E-state index contributed by atoms with van der Waals surface area (Å²) in [5, 5.41) is 4.05. The quantitative estimate of drug-likeness (QED) is 0.666. The minimum atomic E-state index is 0.0735. The molecule has 0 spiro atoms. The Bertz CT molecular complexity index is 802. The highest BCUT2D eigenvalue weighted by atomic mass is 16.2. The topological polar surface area (TPSA) is 63.9 Å². The van der Waals surface area contributed by atoms with Crippen LogP contribution in [0.4, 0.5) is 0 Å². The van der Waals surface area contributed by atoms with Gasteiger partial charge in [0.15, 0.2) is 0 Å². The summed E-state index contributed by atoms with van der Waals surface area (Å²) in [6.07, 6.45) is 5.23. The van der Waals surface area contributed by atoms with E-state index in [9.17, 15) is 4.79 Å². The molecule has 0 atom stereocenters. The Kier molecular flexibility index (Phi) is 5.51. The van der Waals surface area contributed by atoms with Crippen LogP contribution in [0.25, 0.3) is 0 Å². The first-order valence-electron chi connectivity index (χ1n) is 8.27. The molecular weight excluding hydrogens is 314 g/mol. The van der Waals surface area contributed by atoms with Crippen LogP contribution in [-0.4, -0.2) is 30.6 Å². The van der Waals surface area contributed by atoms with Crippen molar-refractivity contribution in [2.24, 2.45) is 0 Å². The number of aromatic nitrogens is 4. The van der Waals surface area contributed by atoms with Crippen molar-refractivity contribution in [2.45, 2.75) is 33.0 Å². The fraction of sp³-hybridized carbons (Fsp3) is 0.263. The molecule has 25 heavy (non-hydrogen) atoms. The van der Waals surface area contributed by atoms with E-state index < -0.39 is 0 Å². The second-order valence-electron chi connectivity index (χ2n) is 5.91. The number of benzene rings is 1. The van der Waals surface area contributed by atoms with Crippen molar-refractivity contribution in [1.82, 2.24) is 24.6 Å². The smallest absolute Gasteiger partial charge is 0.225 e. The van der Waals surface area contributed by atoms with Crippen LogP contribution in [0.1, 0.15) is 23.2 Å². The molecule has 3 rings (SSSR count). The first kappa shape index (κ1) is 16.8. The molecular formula is C19H21N5O. The lowest BCUT2D eigenvalue weighted by Gasteiger charge is -2.23. The molecule has 6 nitrogen and oxygen atoms in total. The van der Waals surface area contributed by atoms with E-state index in [-0.39, 0.29) is 5.91 Å². The van der Waals surface area contributed by atoms with Gasteiger partial charge in [0.05, 0.1) is 18.8 Å². The van der Waals surface area contributed by atoms with E-state index in [1.165, 1.54) is 11.9 Å². The monoisotopic (exact) mass is 335 g/mol. The summed E-state index contributed by atoms with van der Waals surface area (Å²) in [6.45, 7) is 3.64. The largest absolute Gasteiger partial charge is 0.332 e. The summed E-state index contributed by atoms with van der Waals surface area (Å²) in [5.41, 5.74) is 3.20. The molecule has 0 radical (unpaired) electrons. The van der Waals surface area contributed by atoms with Crippen molar-refractivity contribution in [1.29, 1.82) is 0 Å². The van der Waals surface area contributed by atoms with Gasteiger partial charge in [0.25, 0.3) is 0 Å². The molecule has 1 amide bonds. The van der Waals surface area contributed by atoms with Crippen molar-refractivity contribution < 1.29 is 4.79 Å². The van der Waals surface area contributed by atoms with Gasteiger partial charge in [-0.25, -0.2) is 4.98 Å². The summed E-state index contributed by atoms with van der Waals surface area (Å²) in [7, 11) is 0. The van der Waals surface area contributed by atoms with Crippen molar-refractivity contribution in [3.63, 3.8) is 0 Å². The molecule has 0 unspecified atom stereocenters. The zero-order chi connectivity index (χ0) is 17.5. The second-order valence-corrected chi connectivity index (χ2v) is 5.91.